The fraction of sp³-hybridized carbons (Fsp3) is 0.800. The van der Waals surface area contributed by atoms with E-state index >= 15 is 0 Å². The molecule has 6 heteroatoms. The van der Waals surface area contributed by atoms with E-state index in [4.69, 9.17) is 4.74 Å². The fourth-order valence-corrected chi connectivity index (χ4v) is 2.96. The van der Waals surface area contributed by atoms with Crippen molar-refractivity contribution in [3.63, 3.8) is 0 Å². The molecule has 1 spiro atoms. The molecule has 2 aliphatic carbocycles. The van der Waals surface area contributed by atoms with Crippen LogP contribution in [0.5, 0.6) is 0 Å². The Morgan fingerprint density at radius 1 is 1.33 bits per heavy atom. The van der Waals surface area contributed by atoms with E-state index < -0.39 is 29.6 Å². The molecule has 0 unspecified atom stereocenters. The highest BCUT2D eigenvalue weighted by Crippen LogP contribution is 2.57. The van der Waals surface area contributed by atoms with E-state index in [0.717, 1.165) is 19.3 Å². The fourth-order valence-electron chi connectivity index (χ4n) is 2.96. The summed E-state index contributed by atoms with van der Waals surface area (Å²) in [6.07, 6.45) is 3.12. The minimum Gasteiger partial charge on any atom is -0.480 e. The van der Waals surface area contributed by atoms with Gasteiger partial charge in [0, 0.05) is 12.3 Å². The third-order valence-corrected chi connectivity index (χ3v) is 4.27. The average Bonchev–Trinajstić information content (AvgIpc) is 3.07. The predicted octanol–water partition coefficient (Wildman–Crippen LogP) is 2.11. The highest BCUT2D eigenvalue weighted by Gasteiger charge is 2.51. The lowest BCUT2D eigenvalue weighted by molar-refractivity contribution is -0.145. The van der Waals surface area contributed by atoms with E-state index in [2.05, 4.69) is 5.32 Å². The molecule has 0 aromatic rings. The van der Waals surface area contributed by atoms with Gasteiger partial charge in [0.15, 0.2) is 0 Å². The summed E-state index contributed by atoms with van der Waals surface area (Å²) in [4.78, 5) is 35.3. The Bertz CT molecular complexity index is 461. The number of ether oxygens (including phenoxy) is 1. The van der Waals surface area contributed by atoms with Crippen LogP contribution in [0.2, 0.25) is 0 Å². The molecule has 0 aliphatic heterocycles. The monoisotopic (exact) mass is 297 g/mol. The van der Waals surface area contributed by atoms with Crippen LogP contribution in [0.4, 0.5) is 4.79 Å². The minimum absolute atomic E-state index is 0.0732. The van der Waals surface area contributed by atoms with Crippen LogP contribution in [0.3, 0.4) is 0 Å². The summed E-state index contributed by atoms with van der Waals surface area (Å²) in [5, 5.41) is 11.7. The molecule has 2 fully saturated rings. The van der Waals surface area contributed by atoms with Crippen LogP contribution in [0.25, 0.3) is 0 Å². The van der Waals surface area contributed by atoms with Gasteiger partial charge in [-0.05, 0) is 51.9 Å². The van der Waals surface area contributed by atoms with Gasteiger partial charge in [-0.1, -0.05) is 0 Å². The maximum Gasteiger partial charge on any atom is 0.408 e. The number of hydrogen-bond donors (Lipinski definition) is 2. The first kappa shape index (κ1) is 15.8. The lowest BCUT2D eigenvalue weighted by Crippen LogP contribution is -2.51. The van der Waals surface area contributed by atoms with Gasteiger partial charge in [-0.3, -0.25) is 4.79 Å². The maximum atomic E-state index is 12.1. The SMILES string of the molecule is CC(C)(C)OC(=O)N[C@H](C(=O)O)[C@@H]1CC2(CCC1=O)CC2. The second kappa shape index (κ2) is 5.31. The number of carbonyl (C=O) groups excluding carboxylic acids is 2. The van der Waals surface area contributed by atoms with Crippen molar-refractivity contribution in [2.75, 3.05) is 0 Å². The number of ketones is 1. The van der Waals surface area contributed by atoms with Crippen molar-refractivity contribution in [2.45, 2.75) is 64.5 Å². The summed E-state index contributed by atoms with van der Waals surface area (Å²) in [6, 6.07) is -1.20. The molecule has 0 aromatic carbocycles. The van der Waals surface area contributed by atoms with Gasteiger partial charge in [0.05, 0.1) is 0 Å². The molecule has 0 radical (unpaired) electrons. The topological polar surface area (TPSA) is 92.7 Å². The van der Waals surface area contributed by atoms with Crippen molar-refractivity contribution in [1.82, 2.24) is 5.32 Å². The zero-order valence-corrected chi connectivity index (χ0v) is 12.8. The Labute approximate surface area is 124 Å². The minimum atomic E-state index is -1.20. The molecule has 2 rings (SSSR count). The van der Waals surface area contributed by atoms with Gasteiger partial charge in [0.25, 0.3) is 0 Å². The highest BCUT2D eigenvalue weighted by molar-refractivity contribution is 5.90. The molecule has 0 heterocycles. The van der Waals surface area contributed by atoms with Crippen molar-refractivity contribution in [2.24, 2.45) is 11.3 Å². The Morgan fingerprint density at radius 2 is 1.95 bits per heavy atom. The number of carboxylic acid groups (broad SMARTS) is 1. The van der Waals surface area contributed by atoms with Crippen LogP contribution in [0, 0.1) is 11.3 Å². The standard InChI is InChI=1S/C15H23NO5/c1-14(2,3)21-13(20)16-11(12(18)19)9-8-15(6-7-15)5-4-10(9)17/h9,11H,4-8H2,1-3H3,(H,16,20)(H,18,19)/t9-,11+/m1/s1. The Kier molecular flexibility index (Phi) is 4.00. The summed E-state index contributed by atoms with van der Waals surface area (Å²) in [5.41, 5.74) is -0.566. The first-order valence-electron chi connectivity index (χ1n) is 7.37. The lowest BCUT2D eigenvalue weighted by Gasteiger charge is -2.32. The predicted molar refractivity (Wildman–Crippen MR) is 74.8 cm³/mol. The van der Waals surface area contributed by atoms with Crippen molar-refractivity contribution in [3.05, 3.63) is 0 Å². The van der Waals surface area contributed by atoms with Gasteiger partial charge >= 0.3 is 12.1 Å². The molecule has 0 aromatic heterocycles. The smallest absolute Gasteiger partial charge is 0.408 e. The molecular formula is C15H23NO5. The highest BCUT2D eigenvalue weighted by atomic mass is 16.6. The van der Waals surface area contributed by atoms with Crippen molar-refractivity contribution in [3.8, 4) is 0 Å². The summed E-state index contributed by atoms with van der Waals surface area (Å²) in [6.45, 7) is 5.11. The second-order valence-electron chi connectivity index (χ2n) is 7.24. The van der Waals surface area contributed by atoms with E-state index in [9.17, 15) is 19.5 Å². The third-order valence-electron chi connectivity index (χ3n) is 4.27. The van der Waals surface area contributed by atoms with E-state index in [1.807, 2.05) is 0 Å². The van der Waals surface area contributed by atoms with Crippen LogP contribution in [0.1, 0.15) is 52.9 Å². The number of aliphatic carboxylic acids is 1. The lowest BCUT2D eigenvalue weighted by atomic mass is 9.75. The number of Topliss-reactive ketones (excluding diaryl/α,β-unsaturated/α-hetero) is 1. The van der Waals surface area contributed by atoms with Crippen LogP contribution < -0.4 is 5.32 Å². The molecule has 21 heavy (non-hydrogen) atoms. The van der Waals surface area contributed by atoms with E-state index in [0.29, 0.717) is 12.8 Å². The van der Waals surface area contributed by atoms with Gasteiger partial charge in [-0.2, -0.15) is 0 Å². The summed E-state index contributed by atoms with van der Waals surface area (Å²) >= 11 is 0. The molecule has 0 saturated heterocycles. The number of hydrogen-bond acceptors (Lipinski definition) is 4. The van der Waals surface area contributed by atoms with E-state index in [-0.39, 0.29) is 11.2 Å². The zero-order chi connectivity index (χ0) is 15.8. The molecule has 6 nitrogen and oxygen atoms in total. The van der Waals surface area contributed by atoms with Gasteiger partial charge < -0.3 is 15.2 Å². The number of nitrogens with one attached hydrogen (secondary N) is 1. The van der Waals surface area contributed by atoms with Gasteiger partial charge in [-0.15, -0.1) is 0 Å². The van der Waals surface area contributed by atoms with Crippen LogP contribution in [0.15, 0.2) is 0 Å². The molecule has 2 N–H and O–H groups in total. The molecule has 2 atom stereocenters. The molecular weight excluding hydrogens is 274 g/mol. The Balaban J connectivity index is 2.05. The molecule has 2 aliphatic rings. The summed E-state index contributed by atoms with van der Waals surface area (Å²) in [5.74, 6) is -1.90. The molecule has 1 amide bonds. The molecule has 2 saturated carbocycles. The zero-order valence-electron chi connectivity index (χ0n) is 12.8. The van der Waals surface area contributed by atoms with Crippen LogP contribution >= 0.6 is 0 Å². The molecule has 118 valence electrons. The maximum absolute atomic E-state index is 12.1. The van der Waals surface area contributed by atoms with E-state index in [1.165, 1.54) is 0 Å². The van der Waals surface area contributed by atoms with E-state index in [1.54, 1.807) is 20.8 Å². The van der Waals surface area contributed by atoms with Gasteiger partial charge in [0.1, 0.15) is 17.4 Å². The van der Waals surface area contributed by atoms with Crippen LogP contribution in [-0.4, -0.2) is 34.6 Å². The second-order valence-corrected chi connectivity index (χ2v) is 7.24. The number of amides is 1. The normalized spacial score (nSPS) is 25.3. The Hall–Kier alpha value is -1.59. The summed E-state index contributed by atoms with van der Waals surface area (Å²) in [7, 11) is 0. The summed E-state index contributed by atoms with van der Waals surface area (Å²) < 4.78 is 5.09. The average molecular weight is 297 g/mol. The largest absolute Gasteiger partial charge is 0.480 e. The van der Waals surface area contributed by atoms with Crippen molar-refractivity contribution in [1.29, 1.82) is 0 Å². The first-order valence-corrected chi connectivity index (χ1v) is 7.37. The number of carbonyl (C=O) groups is 3. The van der Waals surface area contributed by atoms with Crippen molar-refractivity contribution >= 4 is 17.8 Å². The first-order chi connectivity index (χ1) is 9.62. The third kappa shape index (κ3) is 3.95. The molecule has 0 bridgehead atoms. The van der Waals surface area contributed by atoms with Gasteiger partial charge in [0.2, 0.25) is 0 Å². The number of alkyl carbamates (subject to hydrolysis) is 1. The Morgan fingerprint density at radius 3 is 2.43 bits per heavy atom. The number of carboxylic acids is 1. The van der Waals surface area contributed by atoms with Crippen molar-refractivity contribution < 1.29 is 24.2 Å². The van der Waals surface area contributed by atoms with Crippen LogP contribution in [-0.2, 0) is 14.3 Å². The number of rotatable bonds is 3. The quantitative estimate of drug-likeness (QED) is 0.832. The van der Waals surface area contributed by atoms with Gasteiger partial charge in [-0.25, -0.2) is 9.59 Å².